The highest BCUT2D eigenvalue weighted by Gasteiger charge is 2.14. The molecule has 1 aromatic heterocycles. The molecule has 0 saturated heterocycles. The Morgan fingerprint density at radius 1 is 0.900 bits per heavy atom. The molecule has 0 saturated carbocycles. The number of nitrogens with one attached hydrogen (secondary N) is 1. The van der Waals surface area contributed by atoms with Gasteiger partial charge in [0.25, 0.3) is 0 Å². The molecular weight excluding hydrogens is 246 g/mol. The molecule has 20 heavy (non-hydrogen) atoms. The lowest BCUT2D eigenvalue weighted by molar-refractivity contribution is 1.10. The van der Waals surface area contributed by atoms with Crippen LogP contribution in [0.5, 0.6) is 0 Å². The molecular formula is C17H17N3. The Bertz CT molecular complexity index is 742. The van der Waals surface area contributed by atoms with Crippen molar-refractivity contribution in [2.75, 3.05) is 5.73 Å². The van der Waals surface area contributed by atoms with Crippen LogP contribution in [0.4, 0.5) is 5.82 Å². The molecule has 0 radical (unpaired) electrons. The maximum atomic E-state index is 6.06. The first-order valence-electron chi connectivity index (χ1n) is 6.63. The average Bonchev–Trinajstić information content (AvgIpc) is 2.85. The number of aryl methyl sites for hydroxylation is 2. The zero-order valence-electron chi connectivity index (χ0n) is 11.6. The van der Waals surface area contributed by atoms with Gasteiger partial charge in [0.1, 0.15) is 0 Å². The van der Waals surface area contributed by atoms with Gasteiger partial charge in [-0.2, -0.15) is 5.10 Å². The summed E-state index contributed by atoms with van der Waals surface area (Å²) in [5, 5.41) is 7.22. The van der Waals surface area contributed by atoms with E-state index in [4.69, 9.17) is 5.73 Å². The third-order valence-electron chi connectivity index (χ3n) is 3.65. The molecule has 3 heteroatoms. The number of hydrogen-bond donors (Lipinski definition) is 2. The lowest BCUT2D eigenvalue weighted by Gasteiger charge is -2.07. The standard InChI is InChI=1S/C17H17N3/c1-11-8-9-14(10-12(11)2)15-16(19-20-17(15)18)13-6-4-3-5-7-13/h3-10H,1-2H3,(H3,18,19,20). The predicted molar refractivity (Wildman–Crippen MR) is 83.3 cm³/mol. The van der Waals surface area contributed by atoms with E-state index in [2.05, 4.69) is 54.4 Å². The van der Waals surface area contributed by atoms with E-state index in [-0.39, 0.29) is 0 Å². The molecule has 3 rings (SSSR count). The number of aromatic amines is 1. The van der Waals surface area contributed by atoms with Crippen molar-refractivity contribution in [3.63, 3.8) is 0 Å². The zero-order valence-corrected chi connectivity index (χ0v) is 11.6. The molecule has 0 bridgehead atoms. The minimum atomic E-state index is 0.534. The third kappa shape index (κ3) is 2.07. The summed E-state index contributed by atoms with van der Waals surface area (Å²) >= 11 is 0. The molecule has 0 unspecified atom stereocenters. The topological polar surface area (TPSA) is 54.7 Å². The van der Waals surface area contributed by atoms with Gasteiger partial charge in [0, 0.05) is 5.56 Å². The van der Waals surface area contributed by atoms with Crippen LogP contribution in [0.3, 0.4) is 0 Å². The predicted octanol–water partition coefficient (Wildman–Crippen LogP) is 3.94. The summed E-state index contributed by atoms with van der Waals surface area (Å²) < 4.78 is 0. The Morgan fingerprint density at radius 2 is 1.65 bits per heavy atom. The van der Waals surface area contributed by atoms with E-state index in [1.54, 1.807) is 0 Å². The van der Waals surface area contributed by atoms with Crippen LogP contribution >= 0.6 is 0 Å². The monoisotopic (exact) mass is 263 g/mol. The summed E-state index contributed by atoms with van der Waals surface area (Å²) in [6.07, 6.45) is 0. The van der Waals surface area contributed by atoms with Crippen molar-refractivity contribution in [2.24, 2.45) is 0 Å². The van der Waals surface area contributed by atoms with Gasteiger partial charge in [-0.1, -0.05) is 48.5 Å². The molecule has 0 aliphatic carbocycles. The molecule has 0 atom stereocenters. The fraction of sp³-hybridized carbons (Fsp3) is 0.118. The van der Waals surface area contributed by atoms with Crippen LogP contribution in [-0.4, -0.2) is 10.2 Å². The molecule has 0 amide bonds. The molecule has 0 spiro atoms. The van der Waals surface area contributed by atoms with E-state index in [1.807, 2.05) is 18.2 Å². The molecule has 0 aliphatic rings. The molecule has 2 aromatic carbocycles. The number of aromatic nitrogens is 2. The number of rotatable bonds is 2. The number of benzene rings is 2. The van der Waals surface area contributed by atoms with Gasteiger partial charge in [0.15, 0.2) is 5.82 Å². The first-order chi connectivity index (χ1) is 9.66. The molecule has 1 heterocycles. The average molecular weight is 263 g/mol. The van der Waals surface area contributed by atoms with E-state index < -0.39 is 0 Å². The fourth-order valence-corrected chi connectivity index (χ4v) is 2.36. The Hall–Kier alpha value is -2.55. The molecule has 3 N–H and O–H groups in total. The van der Waals surface area contributed by atoms with E-state index in [0.29, 0.717) is 5.82 Å². The van der Waals surface area contributed by atoms with Gasteiger partial charge in [-0.15, -0.1) is 0 Å². The summed E-state index contributed by atoms with van der Waals surface area (Å²) in [6, 6.07) is 16.5. The van der Waals surface area contributed by atoms with Crippen molar-refractivity contribution in [3.05, 3.63) is 59.7 Å². The number of nitrogen functional groups attached to an aromatic ring is 1. The largest absolute Gasteiger partial charge is 0.382 e. The van der Waals surface area contributed by atoms with E-state index in [0.717, 1.165) is 22.4 Å². The molecule has 3 nitrogen and oxygen atoms in total. The quantitative estimate of drug-likeness (QED) is 0.735. The van der Waals surface area contributed by atoms with Gasteiger partial charge in [-0.25, -0.2) is 0 Å². The second kappa shape index (κ2) is 4.85. The highest BCUT2D eigenvalue weighted by Crippen LogP contribution is 2.35. The van der Waals surface area contributed by atoms with E-state index in [1.165, 1.54) is 11.1 Å². The van der Waals surface area contributed by atoms with Gasteiger partial charge in [0.05, 0.1) is 11.3 Å². The maximum absolute atomic E-state index is 6.06. The summed E-state index contributed by atoms with van der Waals surface area (Å²) in [6.45, 7) is 4.22. The Kier molecular flexibility index (Phi) is 3.03. The Labute approximate surface area is 118 Å². The smallest absolute Gasteiger partial charge is 0.153 e. The molecule has 0 fully saturated rings. The Balaban J connectivity index is 2.19. The van der Waals surface area contributed by atoms with E-state index in [9.17, 15) is 0 Å². The highest BCUT2D eigenvalue weighted by atomic mass is 15.2. The minimum absolute atomic E-state index is 0.534. The van der Waals surface area contributed by atoms with Crippen LogP contribution in [0.25, 0.3) is 22.4 Å². The van der Waals surface area contributed by atoms with Gasteiger partial charge in [0.2, 0.25) is 0 Å². The first-order valence-corrected chi connectivity index (χ1v) is 6.63. The van der Waals surface area contributed by atoms with Crippen LogP contribution in [0, 0.1) is 13.8 Å². The number of nitrogens with zero attached hydrogens (tertiary/aromatic N) is 1. The summed E-state index contributed by atoms with van der Waals surface area (Å²) in [5.41, 5.74) is 12.7. The second-order valence-electron chi connectivity index (χ2n) is 5.02. The van der Waals surface area contributed by atoms with Crippen LogP contribution in [0.1, 0.15) is 11.1 Å². The number of anilines is 1. The summed E-state index contributed by atoms with van der Waals surface area (Å²) in [4.78, 5) is 0. The minimum Gasteiger partial charge on any atom is -0.382 e. The third-order valence-corrected chi connectivity index (χ3v) is 3.65. The lowest BCUT2D eigenvalue weighted by atomic mass is 9.97. The summed E-state index contributed by atoms with van der Waals surface area (Å²) in [7, 11) is 0. The maximum Gasteiger partial charge on any atom is 0.153 e. The van der Waals surface area contributed by atoms with Crippen molar-refractivity contribution in [2.45, 2.75) is 13.8 Å². The lowest BCUT2D eigenvalue weighted by Crippen LogP contribution is -1.90. The summed E-state index contributed by atoms with van der Waals surface area (Å²) in [5.74, 6) is 0.534. The first kappa shape index (κ1) is 12.5. The van der Waals surface area contributed by atoms with Gasteiger partial charge in [-0.05, 0) is 30.5 Å². The van der Waals surface area contributed by atoms with Gasteiger partial charge in [-0.3, -0.25) is 5.10 Å². The molecule has 0 aliphatic heterocycles. The Morgan fingerprint density at radius 3 is 2.35 bits per heavy atom. The number of nitrogens with two attached hydrogens (primary N) is 1. The molecule has 3 aromatic rings. The van der Waals surface area contributed by atoms with Crippen LogP contribution < -0.4 is 5.73 Å². The fourth-order valence-electron chi connectivity index (χ4n) is 2.36. The van der Waals surface area contributed by atoms with Gasteiger partial charge < -0.3 is 5.73 Å². The highest BCUT2D eigenvalue weighted by molar-refractivity contribution is 5.88. The van der Waals surface area contributed by atoms with Crippen molar-refractivity contribution >= 4 is 5.82 Å². The number of hydrogen-bond acceptors (Lipinski definition) is 2. The van der Waals surface area contributed by atoms with Gasteiger partial charge >= 0.3 is 0 Å². The van der Waals surface area contributed by atoms with Crippen LogP contribution in [0.15, 0.2) is 48.5 Å². The van der Waals surface area contributed by atoms with Crippen molar-refractivity contribution in [1.82, 2.24) is 10.2 Å². The zero-order chi connectivity index (χ0) is 14.1. The number of H-pyrrole nitrogens is 1. The van der Waals surface area contributed by atoms with Crippen molar-refractivity contribution in [3.8, 4) is 22.4 Å². The van der Waals surface area contributed by atoms with Crippen molar-refractivity contribution in [1.29, 1.82) is 0 Å². The SMILES string of the molecule is Cc1ccc(-c2c(N)n[nH]c2-c2ccccc2)cc1C. The normalized spacial score (nSPS) is 10.7. The van der Waals surface area contributed by atoms with E-state index >= 15 is 0 Å². The molecule has 100 valence electrons. The second-order valence-corrected chi connectivity index (χ2v) is 5.02. The van der Waals surface area contributed by atoms with Crippen molar-refractivity contribution < 1.29 is 0 Å². The van der Waals surface area contributed by atoms with Crippen LogP contribution in [0.2, 0.25) is 0 Å². The van der Waals surface area contributed by atoms with Crippen LogP contribution in [-0.2, 0) is 0 Å².